The molecule has 11 nitrogen and oxygen atoms in total. The van der Waals surface area contributed by atoms with Gasteiger partial charge in [0.2, 0.25) is 11.8 Å². The second kappa shape index (κ2) is 9.46. The Balaban J connectivity index is 1.69. The van der Waals surface area contributed by atoms with E-state index in [1.165, 1.54) is 6.20 Å². The predicted molar refractivity (Wildman–Crippen MR) is 113 cm³/mol. The van der Waals surface area contributed by atoms with Crippen molar-refractivity contribution in [1.29, 1.82) is 0 Å². The van der Waals surface area contributed by atoms with Gasteiger partial charge in [0.15, 0.2) is 0 Å². The molecule has 0 spiro atoms. The first kappa shape index (κ1) is 21.4. The van der Waals surface area contributed by atoms with E-state index in [0.717, 1.165) is 0 Å². The Morgan fingerprint density at radius 1 is 1.27 bits per heavy atom. The van der Waals surface area contributed by atoms with E-state index >= 15 is 0 Å². The number of carbonyl (C=O) groups is 1. The Morgan fingerprint density at radius 2 is 2.00 bits per heavy atom. The first-order valence-electron chi connectivity index (χ1n) is 9.69. The molecule has 1 aliphatic heterocycles. The highest BCUT2D eigenvalue weighted by atomic mass is 16.6. The maximum atomic E-state index is 12.4. The zero-order chi connectivity index (χ0) is 21.7. The summed E-state index contributed by atoms with van der Waals surface area (Å²) < 4.78 is 0. The summed E-state index contributed by atoms with van der Waals surface area (Å²) >= 11 is 0. The number of piperazine rings is 1. The van der Waals surface area contributed by atoms with Crippen LogP contribution in [0.3, 0.4) is 0 Å². The SMILES string of the molecule is CC(C)Nc1nc(NC2CN(NC(=O)c3ccccc3)CCN2C)ncc1[N+](=O)[O-]. The summed E-state index contributed by atoms with van der Waals surface area (Å²) in [7, 11) is 1.95. The fourth-order valence-corrected chi connectivity index (χ4v) is 3.04. The standard InChI is InChI=1S/C19H26N8O3/c1-13(2)21-17-15(27(29)30)11-20-19(23-17)22-16-12-26(10-9-25(16)3)24-18(28)14-7-5-4-6-8-14/h4-8,11,13,16H,9-10,12H2,1-3H3,(H,24,28)(H2,20,21,22,23). The molecule has 1 aromatic carbocycles. The third-order valence-corrected chi connectivity index (χ3v) is 4.63. The van der Waals surface area contributed by atoms with Crippen molar-refractivity contribution in [2.45, 2.75) is 26.1 Å². The molecule has 1 unspecified atom stereocenters. The fraction of sp³-hybridized carbons (Fsp3) is 0.421. The van der Waals surface area contributed by atoms with Crippen LogP contribution in [0.15, 0.2) is 36.5 Å². The lowest BCUT2D eigenvalue weighted by atomic mass is 10.2. The molecule has 0 radical (unpaired) electrons. The minimum Gasteiger partial charge on any atom is -0.362 e. The van der Waals surface area contributed by atoms with Gasteiger partial charge in [-0.05, 0) is 33.0 Å². The van der Waals surface area contributed by atoms with Gasteiger partial charge in [-0.25, -0.2) is 9.99 Å². The molecule has 0 saturated carbocycles. The van der Waals surface area contributed by atoms with E-state index in [-0.39, 0.29) is 35.6 Å². The van der Waals surface area contributed by atoms with Crippen molar-refractivity contribution < 1.29 is 9.72 Å². The highest BCUT2D eigenvalue weighted by molar-refractivity contribution is 5.93. The Morgan fingerprint density at radius 3 is 2.67 bits per heavy atom. The van der Waals surface area contributed by atoms with Crippen molar-refractivity contribution in [2.75, 3.05) is 37.3 Å². The number of hydrogen-bond donors (Lipinski definition) is 3. The van der Waals surface area contributed by atoms with Crippen molar-refractivity contribution in [2.24, 2.45) is 0 Å². The first-order chi connectivity index (χ1) is 14.3. The largest absolute Gasteiger partial charge is 0.362 e. The molecular weight excluding hydrogens is 388 g/mol. The van der Waals surface area contributed by atoms with Gasteiger partial charge in [-0.3, -0.25) is 25.2 Å². The summed E-state index contributed by atoms with van der Waals surface area (Å²) in [6.45, 7) is 5.61. The number of hydrogen-bond acceptors (Lipinski definition) is 9. The van der Waals surface area contributed by atoms with Gasteiger partial charge in [0.25, 0.3) is 5.91 Å². The summed E-state index contributed by atoms with van der Waals surface area (Å²) in [5, 5.41) is 19.3. The molecule has 2 heterocycles. The highest BCUT2D eigenvalue weighted by Gasteiger charge is 2.27. The van der Waals surface area contributed by atoms with Crippen molar-refractivity contribution >= 4 is 23.4 Å². The van der Waals surface area contributed by atoms with E-state index in [0.29, 0.717) is 25.2 Å². The van der Waals surface area contributed by atoms with Crippen LogP contribution in [-0.4, -0.2) is 69.6 Å². The molecule has 3 N–H and O–H groups in total. The van der Waals surface area contributed by atoms with Crippen molar-refractivity contribution in [3.8, 4) is 0 Å². The Bertz CT molecular complexity index is 893. The molecule has 0 aliphatic carbocycles. The van der Waals surface area contributed by atoms with Crippen LogP contribution in [0, 0.1) is 10.1 Å². The molecule has 11 heteroatoms. The number of nitro groups is 1. The van der Waals surface area contributed by atoms with Crippen LogP contribution in [0.2, 0.25) is 0 Å². The van der Waals surface area contributed by atoms with Crippen LogP contribution in [-0.2, 0) is 0 Å². The van der Waals surface area contributed by atoms with Gasteiger partial charge in [-0.15, -0.1) is 0 Å². The van der Waals surface area contributed by atoms with Gasteiger partial charge in [0.05, 0.1) is 17.6 Å². The number of rotatable bonds is 7. The van der Waals surface area contributed by atoms with Gasteiger partial charge >= 0.3 is 5.69 Å². The second-order valence-electron chi connectivity index (χ2n) is 7.38. The average molecular weight is 414 g/mol. The zero-order valence-corrected chi connectivity index (χ0v) is 17.2. The number of anilines is 2. The van der Waals surface area contributed by atoms with Crippen LogP contribution in [0.1, 0.15) is 24.2 Å². The summed E-state index contributed by atoms with van der Waals surface area (Å²) in [6, 6.07) is 8.99. The third-order valence-electron chi connectivity index (χ3n) is 4.63. The lowest BCUT2D eigenvalue weighted by molar-refractivity contribution is -0.384. The maximum absolute atomic E-state index is 12.4. The van der Waals surface area contributed by atoms with Gasteiger partial charge in [-0.2, -0.15) is 4.98 Å². The minimum absolute atomic E-state index is 0.0208. The second-order valence-corrected chi connectivity index (χ2v) is 7.38. The highest BCUT2D eigenvalue weighted by Crippen LogP contribution is 2.23. The Hall–Kier alpha value is -3.31. The van der Waals surface area contributed by atoms with Gasteiger partial charge in [-0.1, -0.05) is 18.2 Å². The minimum atomic E-state index is -0.512. The summed E-state index contributed by atoms with van der Waals surface area (Å²) in [6.07, 6.45) is 1.00. The number of likely N-dealkylation sites (N-methyl/N-ethyl adjacent to an activating group) is 1. The number of carbonyl (C=O) groups excluding carboxylic acids is 1. The fourth-order valence-electron chi connectivity index (χ4n) is 3.04. The monoisotopic (exact) mass is 414 g/mol. The van der Waals surface area contributed by atoms with E-state index in [9.17, 15) is 14.9 Å². The molecule has 160 valence electrons. The van der Waals surface area contributed by atoms with E-state index in [4.69, 9.17) is 0 Å². The van der Waals surface area contributed by atoms with Crippen molar-refractivity contribution in [3.05, 3.63) is 52.2 Å². The van der Waals surface area contributed by atoms with Crippen molar-refractivity contribution in [1.82, 2.24) is 25.3 Å². The van der Waals surface area contributed by atoms with Crippen LogP contribution in [0.5, 0.6) is 0 Å². The first-order valence-corrected chi connectivity index (χ1v) is 9.69. The predicted octanol–water partition coefficient (Wildman–Crippen LogP) is 1.54. The molecule has 1 fully saturated rings. The summed E-state index contributed by atoms with van der Waals surface area (Å²) in [5.74, 6) is 0.269. The van der Waals surface area contributed by atoms with Crippen LogP contribution in [0.25, 0.3) is 0 Å². The molecule has 2 aromatic rings. The number of hydrazine groups is 1. The smallest absolute Gasteiger partial charge is 0.329 e. The molecule has 1 aromatic heterocycles. The Kier molecular flexibility index (Phi) is 6.75. The zero-order valence-electron chi connectivity index (χ0n) is 17.2. The molecule has 1 atom stereocenters. The number of nitrogens with one attached hydrogen (secondary N) is 3. The maximum Gasteiger partial charge on any atom is 0.329 e. The summed E-state index contributed by atoms with van der Waals surface area (Å²) in [4.78, 5) is 33.6. The van der Waals surface area contributed by atoms with Gasteiger partial charge in [0.1, 0.15) is 6.20 Å². The topological polar surface area (TPSA) is 129 Å². The molecule has 1 saturated heterocycles. The third kappa shape index (κ3) is 5.39. The number of benzene rings is 1. The lowest BCUT2D eigenvalue weighted by Gasteiger charge is -2.39. The van der Waals surface area contributed by atoms with Gasteiger partial charge < -0.3 is 10.6 Å². The van der Waals surface area contributed by atoms with Crippen LogP contribution < -0.4 is 16.1 Å². The van der Waals surface area contributed by atoms with E-state index < -0.39 is 4.92 Å². The van der Waals surface area contributed by atoms with E-state index in [2.05, 4.69) is 30.9 Å². The molecule has 1 aliphatic rings. The molecule has 3 rings (SSSR count). The Labute approximate surface area is 174 Å². The van der Waals surface area contributed by atoms with Crippen molar-refractivity contribution in [3.63, 3.8) is 0 Å². The van der Waals surface area contributed by atoms with Crippen LogP contribution >= 0.6 is 0 Å². The van der Waals surface area contributed by atoms with Gasteiger partial charge in [0, 0.05) is 24.7 Å². The normalized spacial score (nSPS) is 17.5. The van der Waals surface area contributed by atoms with E-state index in [1.54, 1.807) is 12.1 Å². The quantitative estimate of drug-likeness (QED) is 0.456. The molecule has 1 amide bonds. The molecule has 0 bridgehead atoms. The molecular formula is C19H26N8O3. The lowest BCUT2D eigenvalue weighted by Crippen LogP contribution is -2.59. The van der Waals surface area contributed by atoms with Crippen LogP contribution in [0.4, 0.5) is 17.5 Å². The van der Waals surface area contributed by atoms with E-state index in [1.807, 2.05) is 44.1 Å². The number of aromatic nitrogens is 2. The summed E-state index contributed by atoms with van der Waals surface area (Å²) in [5.41, 5.74) is 3.33. The molecule has 30 heavy (non-hydrogen) atoms. The number of amides is 1. The average Bonchev–Trinajstić information content (AvgIpc) is 2.70. The number of nitrogens with zero attached hydrogens (tertiary/aromatic N) is 5.